The van der Waals surface area contributed by atoms with Crippen LogP contribution in [-0.2, 0) is 14.4 Å². The van der Waals surface area contributed by atoms with Crippen LogP contribution in [0.2, 0.25) is 0 Å². The van der Waals surface area contributed by atoms with Crippen LogP contribution in [0.25, 0.3) is 0 Å². The number of nitrogens with one attached hydrogen (secondary N) is 2. The van der Waals surface area contributed by atoms with E-state index in [-0.39, 0.29) is 30.1 Å². The SMILES string of the molecule is COc1cc(C=NN=C2NC(=O)C(CC(=O)O)S2)cc(Br)c1OCC(=O)NC1CCCCC1. The normalized spacial score (nSPS) is 20.1. The summed E-state index contributed by atoms with van der Waals surface area (Å²) in [4.78, 5) is 34.8. The number of carbonyl (C=O) groups is 3. The van der Waals surface area contributed by atoms with E-state index in [4.69, 9.17) is 14.6 Å². The van der Waals surface area contributed by atoms with E-state index in [1.807, 2.05) is 0 Å². The Balaban J connectivity index is 1.59. The van der Waals surface area contributed by atoms with Crippen LogP contribution in [0.15, 0.2) is 26.8 Å². The average Bonchev–Trinajstić information content (AvgIpc) is 3.11. The van der Waals surface area contributed by atoms with Crippen molar-refractivity contribution in [1.82, 2.24) is 10.6 Å². The first-order chi connectivity index (χ1) is 15.9. The molecule has 0 radical (unpaired) electrons. The third-order valence-corrected chi connectivity index (χ3v) is 6.72. The van der Waals surface area contributed by atoms with Gasteiger partial charge in [0.25, 0.3) is 5.91 Å². The number of rotatable bonds is 9. The molecule has 1 saturated carbocycles. The maximum atomic E-state index is 12.2. The number of amidine groups is 1. The van der Waals surface area contributed by atoms with E-state index in [9.17, 15) is 14.4 Å². The number of hydrogen-bond donors (Lipinski definition) is 3. The van der Waals surface area contributed by atoms with Gasteiger partial charge in [-0.1, -0.05) is 31.0 Å². The van der Waals surface area contributed by atoms with Gasteiger partial charge in [0.15, 0.2) is 23.3 Å². The summed E-state index contributed by atoms with van der Waals surface area (Å²) in [6.07, 6.45) is 6.65. The van der Waals surface area contributed by atoms with E-state index in [1.54, 1.807) is 12.1 Å². The van der Waals surface area contributed by atoms with Crippen LogP contribution >= 0.6 is 27.7 Å². The van der Waals surface area contributed by atoms with Gasteiger partial charge in [-0.25, -0.2) is 0 Å². The molecule has 1 aliphatic carbocycles. The number of carboxylic acids is 1. The highest BCUT2D eigenvalue weighted by Crippen LogP contribution is 2.36. The van der Waals surface area contributed by atoms with Gasteiger partial charge in [0, 0.05) is 6.04 Å². The van der Waals surface area contributed by atoms with Crippen molar-refractivity contribution in [3.63, 3.8) is 0 Å². The summed E-state index contributed by atoms with van der Waals surface area (Å²) in [5, 5.41) is 21.7. The summed E-state index contributed by atoms with van der Waals surface area (Å²) in [7, 11) is 1.49. The number of carbonyl (C=O) groups excluding carboxylic acids is 2. The Labute approximate surface area is 203 Å². The summed E-state index contributed by atoms with van der Waals surface area (Å²) in [6, 6.07) is 3.62. The minimum Gasteiger partial charge on any atom is -0.493 e. The lowest BCUT2D eigenvalue weighted by atomic mass is 9.95. The molecule has 1 unspecified atom stereocenters. The first kappa shape index (κ1) is 25.0. The third-order valence-electron chi connectivity index (χ3n) is 5.06. The highest BCUT2D eigenvalue weighted by molar-refractivity contribution is 9.10. The number of ether oxygens (including phenoxy) is 2. The number of thioether (sulfide) groups is 1. The molecule has 3 rings (SSSR count). The van der Waals surface area contributed by atoms with Crippen molar-refractivity contribution >= 4 is 56.9 Å². The van der Waals surface area contributed by atoms with E-state index in [1.165, 1.54) is 19.7 Å². The number of hydrogen-bond acceptors (Lipinski definition) is 8. The zero-order valence-corrected chi connectivity index (χ0v) is 20.4. The number of halogens is 1. The van der Waals surface area contributed by atoms with Crippen molar-refractivity contribution in [2.24, 2.45) is 10.2 Å². The number of benzene rings is 1. The van der Waals surface area contributed by atoms with Gasteiger partial charge < -0.3 is 25.2 Å². The third kappa shape index (κ3) is 7.46. The van der Waals surface area contributed by atoms with E-state index in [0.29, 0.717) is 21.5 Å². The van der Waals surface area contributed by atoms with Crippen LogP contribution in [0.1, 0.15) is 44.1 Å². The summed E-state index contributed by atoms with van der Waals surface area (Å²) < 4.78 is 11.7. The molecule has 10 nitrogen and oxygen atoms in total. The Hall–Kier alpha value is -2.60. The van der Waals surface area contributed by atoms with Gasteiger partial charge in [0.2, 0.25) is 5.91 Å². The molecule has 0 aromatic heterocycles. The number of amides is 2. The molecular formula is C21H25BrN4O6S. The molecule has 178 valence electrons. The minimum absolute atomic E-state index is 0.124. The van der Waals surface area contributed by atoms with Crippen LogP contribution in [0.3, 0.4) is 0 Å². The van der Waals surface area contributed by atoms with Gasteiger partial charge in [-0.15, -0.1) is 5.10 Å². The molecule has 3 N–H and O–H groups in total. The lowest BCUT2D eigenvalue weighted by Gasteiger charge is -2.23. The predicted octanol–water partition coefficient (Wildman–Crippen LogP) is 2.68. The Bertz CT molecular complexity index is 964. The molecule has 1 aromatic carbocycles. The Morgan fingerprint density at radius 1 is 1.33 bits per heavy atom. The maximum absolute atomic E-state index is 12.2. The highest BCUT2D eigenvalue weighted by atomic mass is 79.9. The second-order valence-electron chi connectivity index (χ2n) is 7.57. The van der Waals surface area contributed by atoms with Crippen molar-refractivity contribution < 1.29 is 29.0 Å². The average molecular weight is 541 g/mol. The number of nitrogens with zero attached hydrogens (tertiary/aromatic N) is 2. The van der Waals surface area contributed by atoms with E-state index >= 15 is 0 Å². The number of aliphatic carboxylic acids is 1. The van der Waals surface area contributed by atoms with E-state index < -0.39 is 17.1 Å². The van der Waals surface area contributed by atoms with E-state index in [0.717, 1.165) is 37.4 Å². The fraction of sp³-hybridized carbons (Fsp3) is 0.476. The first-order valence-electron chi connectivity index (χ1n) is 10.5. The predicted molar refractivity (Wildman–Crippen MR) is 128 cm³/mol. The smallest absolute Gasteiger partial charge is 0.305 e. The standard InChI is InChI=1S/C21H25BrN4O6S/c1-31-15-8-12(10-23-26-21-25-20(30)16(33-21)9-18(28)29)7-14(22)19(15)32-11-17(27)24-13-5-3-2-4-6-13/h7-8,10,13,16H,2-6,9,11H2,1H3,(H,24,27)(H,28,29)(H,25,26,30). The van der Waals surface area contributed by atoms with Crippen LogP contribution in [0, 0.1) is 0 Å². The zero-order chi connectivity index (χ0) is 23.8. The molecule has 1 heterocycles. The van der Waals surface area contributed by atoms with Crippen molar-refractivity contribution in [2.45, 2.75) is 49.8 Å². The Kier molecular flexibility index (Phi) is 9.12. The van der Waals surface area contributed by atoms with Crippen molar-refractivity contribution in [2.75, 3.05) is 13.7 Å². The summed E-state index contributed by atoms with van der Waals surface area (Å²) in [5.74, 6) is -0.827. The second kappa shape index (κ2) is 12.0. The quantitative estimate of drug-likeness (QED) is 0.323. The Morgan fingerprint density at radius 2 is 2.09 bits per heavy atom. The van der Waals surface area contributed by atoms with Gasteiger partial charge in [0.05, 0.1) is 24.2 Å². The summed E-state index contributed by atoms with van der Waals surface area (Å²) in [5.41, 5.74) is 0.637. The lowest BCUT2D eigenvalue weighted by molar-refractivity contribution is -0.138. The van der Waals surface area contributed by atoms with Gasteiger partial charge in [-0.3, -0.25) is 14.4 Å². The topological polar surface area (TPSA) is 139 Å². The maximum Gasteiger partial charge on any atom is 0.305 e. The molecule has 0 bridgehead atoms. The fourth-order valence-electron chi connectivity index (χ4n) is 3.50. The molecule has 1 aliphatic heterocycles. The number of carboxylic acid groups (broad SMARTS) is 1. The van der Waals surface area contributed by atoms with Crippen LogP contribution in [0.5, 0.6) is 11.5 Å². The van der Waals surface area contributed by atoms with Gasteiger partial charge in [-0.2, -0.15) is 5.10 Å². The van der Waals surface area contributed by atoms with Crippen molar-refractivity contribution in [1.29, 1.82) is 0 Å². The molecule has 1 aromatic rings. The molecule has 33 heavy (non-hydrogen) atoms. The molecular weight excluding hydrogens is 516 g/mol. The fourth-order valence-corrected chi connectivity index (χ4v) is 4.99. The second-order valence-corrected chi connectivity index (χ2v) is 9.61. The summed E-state index contributed by atoms with van der Waals surface area (Å²) in [6.45, 7) is -0.124. The zero-order valence-electron chi connectivity index (χ0n) is 18.0. The van der Waals surface area contributed by atoms with Gasteiger partial charge in [0.1, 0.15) is 5.25 Å². The van der Waals surface area contributed by atoms with Crippen LogP contribution in [0.4, 0.5) is 0 Å². The van der Waals surface area contributed by atoms with Crippen LogP contribution < -0.4 is 20.1 Å². The Morgan fingerprint density at radius 3 is 2.79 bits per heavy atom. The van der Waals surface area contributed by atoms with E-state index in [2.05, 4.69) is 36.8 Å². The molecule has 0 spiro atoms. The highest BCUT2D eigenvalue weighted by Gasteiger charge is 2.32. The van der Waals surface area contributed by atoms with Gasteiger partial charge in [-0.05, 0) is 46.5 Å². The first-order valence-corrected chi connectivity index (χ1v) is 12.1. The number of methoxy groups -OCH3 is 1. The summed E-state index contributed by atoms with van der Waals surface area (Å²) >= 11 is 4.45. The van der Waals surface area contributed by atoms with Crippen LogP contribution in [-0.4, -0.2) is 59.3 Å². The molecule has 2 amide bonds. The lowest BCUT2D eigenvalue weighted by Crippen LogP contribution is -2.39. The minimum atomic E-state index is -1.06. The van der Waals surface area contributed by atoms with Crippen molar-refractivity contribution in [3.8, 4) is 11.5 Å². The molecule has 2 fully saturated rings. The molecule has 1 atom stereocenters. The van der Waals surface area contributed by atoms with Gasteiger partial charge >= 0.3 is 5.97 Å². The molecule has 2 aliphatic rings. The monoisotopic (exact) mass is 540 g/mol. The molecule has 12 heteroatoms. The molecule has 1 saturated heterocycles. The van der Waals surface area contributed by atoms with Crippen molar-refractivity contribution in [3.05, 3.63) is 22.2 Å². The largest absolute Gasteiger partial charge is 0.493 e.